The Labute approximate surface area is 113 Å². The Hall–Kier alpha value is -1.43. The Morgan fingerprint density at radius 1 is 1.37 bits per heavy atom. The van der Waals surface area contributed by atoms with E-state index in [0.29, 0.717) is 11.3 Å². The van der Waals surface area contributed by atoms with Crippen LogP contribution >= 0.6 is 11.8 Å². The Bertz CT molecular complexity index is 481. The van der Waals surface area contributed by atoms with Crippen LogP contribution in [0.25, 0.3) is 6.08 Å². The maximum absolute atomic E-state index is 12.6. The van der Waals surface area contributed by atoms with Crippen molar-refractivity contribution in [2.45, 2.75) is 13.1 Å². The minimum absolute atomic E-state index is 0.0359. The summed E-state index contributed by atoms with van der Waals surface area (Å²) < 4.78 is 42.8. The van der Waals surface area contributed by atoms with Crippen LogP contribution in [0.4, 0.5) is 13.2 Å². The third-order valence-electron chi connectivity index (χ3n) is 2.19. The molecule has 0 radical (unpaired) electrons. The number of halogens is 3. The topological polar surface area (TPSA) is 26.3 Å². The molecule has 0 amide bonds. The molecular weight excluding hydrogens is 277 g/mol. The van der Waals surface area contributed by atoms with Gasteiger partial charge < -0.3 is 4.74 Å². The number of rotatable bonds is 4. The summed E-state index contributed by atoms with van der Waals surface area (Å²) in [5.74, 6) is 0.571. The zero-order chi connectivity index (χ0) is 14.5. The molecule has 1 aromatic carbocycles. The third kappa shape index (κ3) is 5.38. The van der Waals surface area contributed by atoms with Crippen molar-refractivity contribution in [1.29, 1.82) is 0 Å². The summed E-state index contributed by atoms with van der Waals surface area (Å²) in [7, 11) is 1.31. The predicted octanol–water partition coefficient (Wildman–Crippen LogP) is 4.01. The Morgan fingerprint density at radius 2 is 2.05 bits per heavy atom. The third-order valence-corrected chi connectivity index (χ3v) is 2.95. The molecule has 104 valence electrons. The summed E-state index contributed by atoms with van der Waals surface area (Å²) in [6.45, 7) is 1.44. The first-order valence-corrected chi connectivity index (χ1v) is 6.37. The van der Waals surface area contributed by atoms with E-state index in [1.165, 1.54) is 26.2 Å². The fourth-order valence-electron chi connectivity index (χ4n) is 1.35. The molecule has 0 bridgehead atoms. The van der Waals surface area contributed by atoms with Crippen LogP contribution in [-0.4, -0.2) is 18.0 Å². The van der Waals surface area contributed by atoms with Gasteiger partial charge >= 0.3 is 6.18 Å². The first kappa shape index (κ1) is 15.6. The molecule has 0 aliphatic heterocycles. The van der Waals surface area contributed by atoms with Gasteiger partial charge in [-0.3, -0.25) is 4.79 Å². The van der Waals surface area contributed by atoms with E-state index < -0.39 is 11.7 Å². The highest BCUT2D eigenvalue weighted by atomic mass is 32.2. The van der Waals surface area contributed by atoms with Crippen LogP contribution in [-0.2, 0) is 11.0 Å². The molecule has 1 rings (SSSR count). The van der Waals surface area contributed by atoms with Crippen LogP contribution in [0, 0.1) is 0 Å². The zero-order valence-corrected chi connectivity index (χ0v) is 11.3. The maximum atomic E-state index is 12.6. The average molecular weight is 290 g/mol. The van der Waals surface area contributed by atoms with E-state index >= 15 is 0 Å². The zero-order valence-electron chi connectivity index (χ0n) is 10.5. The number of carbonyl (C=O) groups excluding carboxylic acids is 1. The van der Waals surface area contributed by atoms with Crippen molar-refractivity contribution in [3.63, 3.8) is 0 Å². The number of ether oxygens (including phenoxy) is 1. The number of alkyl halides is 3. The van der Waals surface area contributed by atoms with Crippen LogP contribution in [0.5, 0.6) is 5.75 Å². The Kier molecular flexibility index (Phi) is 5.47. The summed E-state index contributed by atoms with van der Waals surface area (Å²) >= 11 is 1.09. The van der Waals surface area contributed by atoms with Crippen molar-refractivity contribution in [3.05, 3.63) is 35.4 Å². The number of thioether (sulfide) groups is 1. The quantitative estimate of drug-likeness (QED) is 0.838. The molecule has 0 spiro atoms. The minimum atomic E-state index is -4.41. The van der Waals surface area contributed by atoms with E-state index in [9.17, 15) is 18.0 Å². The molecule has 0 unspecified atom stereocenters. The molecule has 1 aromatic rings. The molecular formula is C13H13F3O2S. The van der Waals surface area contributed by atoms with Crippen LogP contribution in [0.15, 0.2) is 24.3 Å². The fraction of sp³-hybridized carbons (Fsp3) is 0.308. The molecule has 19 heavy (non-hydrogen) atoms. The van der Waals surface area contributed by atoms with Crippen molar-refractivity contribution < 1.29 is 22.7 Å². The summed E-state index contributed by atoms with van der Waals surface area (Å²) in [5.41, 5.74) is -0.374. The maximum Gasteiger partial charge on any atom is 0.416 e. The lowest BCUT2D eigenvalue weighted by Gasteiger charge is -2.10. The molecule has 0 atom stereocenters. The van der Waals surface area contributed by atoms with E-state index in [4.69, 9.17) is 4.74 Å². The SMILES string of the molecule is COc1cc(C=CCSC(C)=O)cc(C(F)(F)F)c1. The normalized spacial score (nSPS) is 11.8. The largest absolute Gasteiger partial charge is 0.497 e. The molecule has 0 aromatic heterocycles. The number of benzene rings is 1. The first-order chi connectivity index (χ1) is 8.82. The predicted molar refractivity (Wildman–Crippen MR) is 70.2 cm³/mol. The lowest BCUT2D eigenvalue weighted by Crippen LogP contribution is -2.05. The molecule has 0 aliphatic rings. The van der Waals surface area contributed by atoms with Gasteiger partial charge in [0.1, 0.15) is 5.75 Å². The van der Waals surface area contributed by atoms with Crippen molar-refractivity contribution in [1.82, 2.24) is 0 Å². The van der Waals surface area contributed by atoms with Crippen LogP contribution in [0.1, 0.15) is 18.1 Å². The highest BCUT2D eigenvalue weighted by molar-refractivity contribution is 8.13. The molecule has 0 saturated carbocycles. The summed E-state index contributed by atoms with van der Waals surface area (Å²) in [6.07, 6.45) is -1.24. The fourth-order valence-corrected chi connectivity index (χ4v) is 1.78. The second-order valence-electron chi connectivity index (χ2n) is 3.70. The molecule has 0 aliphatic carbocycles. The molecule has 6 heteroatoms. The van der Waals surface area contributed by atoms with E-state index in [2.05, 4.69) is 0 Å². The van der Waals surface area contributed by atoms with Gasteiger partial charge in [0, 0.05) is 12.7 Å². The monoisotopic (exact) mass is 290 g/mol. The number of carbonyl (C=O) groups is 1. The van der Waals surface area contributed by atoms with Gasteiger partial charge in [-0.15, -0.1) is 0 Å². The lowest BCUT2D eigenvalue weighted by atomic mass is 10.1. The molecule has 0 fully saturated rings. The van der Waals surface area contributed by atoms with Crippen LogP contribution in [0.2, 0.25) is 0 Å². The van der Waals surface area contributed by atoms with Gasteiger partial charge in [-0.1, -0.05) is 23.9 Å². The summed E-state index contributed by atoms with van der Waals surface area (Å²) in [6, 6.07) is 3.49. The lowest BCUT2D eigenvalue weighted by molar-refractivity contribution is -0.137. The van der Waals surface area contributed by atoms with E-state index in [1.54, 1.807) is 6.08 Å². The van der Waals surface area contributed by atoms with Crippen molar-refractivity contribution >= 4 is 23.0 Å². The average Bonchev–Trinajstić information content (AvgIpc) is 2.33. The molecule has 0 heterocycles. The smallest absolute Gasteiger partial charge is 0.416 e. The van der Waals surface area contributed by atoms with Gasteiger partial charge in [-0.2, -0.15) is 13.2 Å². The number of hydrogen-bond acceptors (Lipinski definition) is 3. The van der Waals surface area contributed by atoms with Crippen molar-refractivity contribution in [2.75, 3.05) is 12.9 Å². The Balaban J connectivity index is 2.91. The van der Waals surface area contributed by atoms with Gasteiger partial charge in [0.15, 0.2) is 5.12 Å². The first-order valence-electron chi connectivity index (χ1n) is 5.39. The number of methoxy groups -OCH3 is 1. The van der Waals surface area contributed by atoms with E-state index in [1.807, 2.05) is 0 Å². The van der Waals surface area contributed by atoms with E-state index in [0.717, 1.165) is 23.9 Å². The van der Waals surface area contributed by atoms with Gasteiger partial charge in [0.2, 0.25) is 0 Å². The highest BCUT2D eigenvalue weighted by Gasteiger charge is 2.31. The van der Waals surface area contributed by atoms with Gasteiger partial charge in [0.25, 0.3) is 0 Å². The minimum Gasteiger partial charge on any atom is -0.497 e. The summed E-state index contributed by atoms with van der Waals surface area (Å²) in [4.78, 5) is 10.7. The number of hydrogen-bond donors (Lipinski definition) is 0. The molecule has 0 N–H and O–H groups in total. The van der Waals surface area contributed by atoms with Crippen molar-refractivity contribution in [3.8, 4) is 5.75 Å². The van der Waals surface area contributed by atoms with Crippen LogP contribution < -0.4 is 4.74 Å². The van der Waals surface area contributed by atoms with Gasteiger partial charge in [-0.25, -0.2) is 0 Å². The second-order valence-corrected chi connectivity index (χ2v) is 4.89. The highest BCUT2D eigenvalue weighted by Crippen LogP contribution is 2.32. The van der Waals surface area contributed by atoms with Crippen LogP contribution in [0.3, 0.4) is 0 Å². The van der Waals surface area contributed by atoms with Crippen molar-refractivity contribution in [2.24, 2.45) is 0 Å². The second kappa shape index (κ2) is 6.65. The van der Waals surface area contributed by atoms with E-state index in [-0.39, 0.29) is 10.9 Å². The van der Waals surface area contributed by atoms with Gasteiger partial charge in [-0.05, 0) is 23.8 Å². The standard InChI is InChI=1S/C13H13F3O2S/c1-9(17)19-5-3-4-10-6-11(13(14,15)16)8-12(7-10)18-2/h3-4,6-8H,5H2,1-2H3. The van der Waals surface area contributed by atoms with Gasteiger partial charge in [0.05, 0.1) is 12.7 Å². The molecule has 0 saturated heterocycles. The Morgan fingerprint density at radius 3 is 2.58 bits per heavy atom. The summed E-state index contributed by atoms with van der Waals surface area (Å²) in [5, 5.41) is -0.0359. The molecule has 2 nitrogen and oxygen atoms in total.